The molecule has 0 N–H and O–H groups in total. The van der Waals surface area contributed by atoms with Crippen LogP contribution in [0.1, 0.15) is 60.3 Å². The van der Waals surface area contributed by atoms with Crippen LogP contribution >= 0.6 is 0 Å². The van der Waals surface area contributed by atoms with Crippen LogP contribution < -0.4 is 0 Å². The fourth-order valence-corrected chi connectivity index (χ4v) is 3.66. The van der Waals surface area contributed by atoms with Crippen molar-refractivity contribution < 1.29 is 0 Å². The van der Waals surface area contributed by atoms with Crippen LogP contribution in [0.2, 0.25) is 0 Å². The van der Waals surface area contributed by atoms with Crippen LogP contribution in [0.5, 0.6) is 0 Å². The zero-order valence-corrected chi connectivity index (χ0v) is 11.9. The Morgan fingerprint density at radius 3 is 2.38 bits per heavy atom. The monoisotopic (exact) mass is 222 g/mol. The molecule has 0 aromatic carbocycles. The molecular weight excluding hydrogens is 192 g/mol. The van der Waals surface area contributed by atoms with Crippen molar-refractivity contribution in [2.45, 2.75) is 60.3 Å². The Balaban J connectivity index is 2.73. The van der Waals surface area contributed by atoms with Gasteiger partial charge in [-0.05, 0) is 49.4 Å². The third-order valence-corrected chi connectivity index (χ3v) is 5.03. The Hall–Kier alpha value is -0.260. The highest BCUT2D eigenvalue weighted by atomic mass is 14.4. The molecule has 1 fully saturated rings. The summed E-state index contributed by atoms with van der Waals surface area (Å²) in [5.41, 5.74) is 1.42. The maximum Gasteiger partial charge on any atom is -0.0178 e. The summed E-state index contributed by atoms with van der Waals surface area (Å²) in [6.45, 7) is 16.0. The second-order valence-corrected chi connectivity index (χ2v) is 6.12. The molecule has 0 spiro atoms. The Labute approximate surface area is 103 Å². The Bertz CT molecular complexity index is 228. The molecule has 0 nitrogen and oxygen atoms in total. The van der Waals surface area contributed by atoms with Gasteiger partial charge in [0.25, 0.3) is 0 Å². The molecule has 16 heavy (non-hydrogen) atoms. The lowest BCUT2D eigenvalue weighted by molar-refractivity contribution is 0.0977. The smallest absolute Gasteiger partial charge is 0.0178 e. The summed E-state index contributed by atoms with van der Waals surface area (Å²) in [7, 11) is 0. The molecule has 1 rings (SSSR count). The third kappa shape index (κ3) is 2.90. The second kappa shape index (κ2) is 5.89. The molecule has 0 aromatic heterocycles. The van der Waals surface area contributed by atoms with Gasteiger partial charge in [-0.25, -0.2) is 0 Å². The van der Waals surface area contributed by atoms with Gasteiger partial charge in [0.2, 0.25) is 0 Å². The molecule has 1 aliphatic carbocycles. The van der Waals surface area contributed by atoms with Gasteiger partial charge in [0.15, 0.2) is 0 Å². The van der Waals surface area contributed by atoms with E-state index in [1.165, 1.54) is 31.3 Å². The minimum Gasteiger partial charge on any atom is -0.0999 e. The van der Waals surface area contributed by atoms with Gasteiger partial charge in [0, 0.05) is 0 Å². The van der Waals surface area contributed by atoms with Crippen LogP contribution in [0.3, 0.4) is 0 Å². The van der Waals surface area contributed by atoms with E-state index < -0.39 is 0 Å². The van der Waals surface area contributed by atoms with Gasteiger partial charge >= 0.3 is 0 Å². The van der Waals surface area contributed by atoms with Crippen molar-refractivity contribution in [3.63, 3.8) is 0 Å². The van der Waals surface area contributed by atoms with Gasteiger partial charge in [-0.1, -0.05) is 52.7 Å². The minimum absolute atomic E-state index is 0.792. The zero-order chi connectivity index (χ0) is 12.3. The fourth-order valence-electron chi connectivity index (χ4n) is 3.66. The first-order valence-electron chi connectivity index (χ1n) is 7.16. The van der Waals surface area contributed by atoms with Crippen molar-refractivity contribution >= 4 is 0 Å². The van der Waals surface area contributed by atoms with E-state index in [9.17, 15) is 0 Å². The predicted octanol–water partition coefficient (Wildman–Crippen LogP) is 5.30. The van der Waals surface area contributed by atoms with Crippen molar-refractivity contribution in [2.75, 3.05) is 0 Å². The summed E-state index contributed by atoms with van der Waals surface area (Å²) >= 11 is 0. The van der Waals surface area contributed by atoms with Gasteiger partial charge in [-0.15, -0.1) is 0 Å². The number of hydrogen-bond acceptors (Lipinski definition) is 0. The van der Waals surface area contributed by atoms with Crippen LogP contribution in [0, 0.1) is 29.6 Å². The van der Waals surface area contributed by atoms with Crippen molar-refractivity contribution in [1.82, 2.24) is 0 Å². The van der Waals surface area contributed by atoms with Gasteiger partial charge < -0.3 is 0 Å². The highest BCUT2D eigenvalue weighted by Crippen LogP contribution is 2.45. The number of allylic oxidation sites excluding steroid dienone is 1. The van der Waals surface area contributed by atoms with E-state index in [-0.39, 0.29) is 0 Å². The van der Waals surface area contributed by atoms with E-state index in [1.54, 1.807) is 0 Å². The normalized spacial score (nSPS) is 37.1. The van der Waals surface area contributed by atoms with Gasteiger partial charge in [-0.3, -0.25) is 0 Å². The maximum atomic E-state index is 4.20. The summed E-state index contributed by atoms with van der Waals surface area (Å²) in [4.78, 5) is 0. The zero-order valence-electron chi connectivity index (χ0n) is 11.9. The molecule has 1 aliphatic rings. The summed E-state index contributed by atoms with van der Waals surface area (Å²) in [6, 6.07) is 0. The molecule has 1 saturated carbocycles. The molecule has 0 aliphatic heterocycles. The largest absolute Gasteiger partial charge is 0.0999 e. The van der Waals surface area contributed by atoms with E-state index in [0.29, 0.717) is 0 Å². The molecule has 0 heterocycles. The molecule has 0 radical (unpaired) electrons. The molecular formula is C16H30. The van der Waals surface area contributed by atoms with Crippen LogP contribution in [0.25, 0.3) is 0 Å². The number of hydrogen-bond donors (Lipinski definition) is 0. The van der Waals surface area contributed by atoms with Crippen molar-refractivity contribution in [3.8, 4) is 0 Å². The quantitative estimate of drug-likeness (QED) is 0.566. The third-order valence-electron chi connectivity index (χ3n) is 5.03. The van der Waals surface area contributed by atoms with Crippen LogP contribution in [0.15, 0.2) is 12.2 Å². The topological polar surface area (TPSA) is 0 Å². The van der Waals surface area contributed by atoms with Gasteiger partial charge in [-0.2, -0.15) is 0 Å². The van der Waals surface area contributed by atoms with Gasteiger partial charge in [0.1, 0.15) is 0 Å². The highest BCUT2D eigenvalue weighted by Gasteiger charge is 2.36. The molecule has 0 amide bonds. The van der Waals surface area contributed by atoms with Crippen molar-refractivity contribution in [2.24, 2.45) is 29.6 Å². The summed E-state index contributed by atoms with van der Waals surface area (Å²) in [5, 5.41) is 0. The molecule has 0 saturated heterocycles. The minimum atomic E-state index is 0.792. The average Bonchev–Trinajstić information content (AvgIpc) is 2.27. The Morgan fingerprint density at radius 2 is 1.94 bits per heavy atom. The summed E-state index contributed by atoms with van der Waals surface area (Å²) < 4.78 is 0. The SMILES string of the molecule is C=C(C)C1CC(C)C(C(C)CC)CC1CC. The summed E-state index contributed by atoms with van der Waals surface area (Å²) in [6.07, 6.45) is 5.48. The van der Waals surface area contributed by atoms with Crippen LogP contribution in [0.4, 0.5) is 0 Å². The lowest BCUT2D eigenvalue weighted by Gasteiger charge is -2.43. The molecule has 0 aromatic rings. The summed E-state index contributed by atoms with van der Waals surface area (Å²) in [5.74, 6) is 4.42. The fraction of sp³-hybridized carbons (Fsp3) is 0.875. The standard InChI is InChI=1S/C16H30/c1-7-12(5)16-10-14(8-2)15(11(3)4)9-13(16)6/h12-16H,3,7-10H2,1-2,4-6H3. The molecule has 94 valence electrons. The van der Waals surface area contributed by atoms with Crippen LogP contribution in [-0.2, 0) is 0 Å². The van der Waals surface area contributed by atoms with E-state index in [4.69, 9.17) is 0 Å². The van der Waals surface area contributed by atoms with E-state index in [1.807, 2.05) is 0 Å². The Kier molecular flexibility index (Phi) is 5.08. The second-order valence-electron chi connectivity index (χ2n) is 6.12. The average molecular weight is 222 g/mol. The molecule has 0 bridgehead atoms. The van der Waals surface area contributed by atoms with E-state index >= 15 is 0 Å². The van der Waals surface area contributed by atoms with E-state index in [0.717, 1.165) is 29.6 Å². The Morgan fingerprint density at radius 1 is 1.31 bits per heavy atom. The highest BCUT2D eigenvalue weighted by molar-refractivity contribution is 5.02. The predicted molar refractivity (Wildman–Crippen MR) is 73.4 cm³/mol. The lowest BCUT2D eigenvalue weighted by atomic mass is 9.63. The van der Waals surface area contributed by atoms with Crippen LogP contribution in [-0.4, -0.2) is 0 Å². The lowest BCUT2D eigenvalue weighted by Crippen LogP contribution is -2.34. The van der Waals surface area contributed by atoms with E-state index in [2.05, 4.69) is 41.2 Å². The first-order valence-corrected chi connectivity index (χ1v) is 7.16. The maximum absolute atomic E-state index is 4.20. The first kappa shape index (κ1) is 13.8. The van der Waals surface area contributed by atoms with Crippen molar-refractivity contribution in [3.05, 3.63) is 12.2 Å². The van der Waals surface area contributed by atoms with Gasteiger partial charge in [0.05, 0.1) is 0 Å². The first-order chi connectivity index (χ1) is 7.51. The molecule has 5 unspecified atom stereocenters. The molecule has 5 atom stereocenters. The molecule has 0 heteroatoms. The number of rotatable bonds is 4. The van der Waals surface area contributed by atoms with Crippen molar-refractivity contribution in [1.29, 1.82) is 0 Å².